The van der Waals surface area contributed by atoms with Crippen molar-refractivity contribution in [1.82, 2.24) is 4.90 Å². The Balaban J connectivity index is 1.86. The minimum Gasteiger partial charge on any atom is -0.489 e. The molecule has 0 saturated carbocycles. The standard InChI is InChI=1S/C17H20N2O3/c1-19(12-11-18)17(20)22-16-9-7-15(8-10-16)21-13-14-5-3-2-4-6-14/h2-10H,11-13,18H2,1H3. The van der Waals surface area contributed by atoms with E-state index in [-0.39, 0.29) is 0 Å². The Kier molecular flexibility index (Phi) is 5.80. The van der Waals surface area contributed by atoms with E-state index < -0.39 is 6.09 Å². The first-order chi connectivity index (χ1) is 10.7. The van der Waals surface area contributed by atoms with Gasteiger partial charge in [-0.2, -0.15) is 0 Å². The van der Waals surface area contributed by atoms with Gasteiger partial charge in [-0.15, -0.1) is 0 Å². The molecule has 0 bridgehead atoms. The van der Waals surface area contributed by atoms with Gasteiger partial charge in [0.1, 0.15) is 18.1 Å². The highest BCUT2D eigenvalue weighted by atomic mass is 16.6. The molecule has 0 heterocycles. The molecule has 0 aliphatic carbocycles. The molecular weight excluding hydrogens is 280 g/mol. The summed E-state index contributed by atoms with van der Waals surface area (Å²) < 4.78 is 10.9. The smallest absolute Gasteiger partial charge is 0.415 e. The second-order valence-corrected chi connectivity index (χ2v) is 4.82. The SMILES string of the molecule is CN(CCN)C(=O)Oc1ccc(OCc2ccccc2)cc1. The van der Waals surface area contributed by atoms with E-state index in [9.17, 15) is 4.79 Å². The van der Waals surface area contributed by atoms with Gasteiger partial charge in [0.2, 0.25) is 0 Å². The number of carbonyl (C=O) groups is 1. The summed E-state index contributed by atoms with van der Waals surface area (Å²) in [6.07, 6.45) is -0.427. The summed E-state index contributed by atoms with van der Waals surface area (Å²) in [7, 11) is 1.65. The Morgan fingerprint density at radius 3 is 2.32 bits per heavy atom. The molecule has 0 saturated heterocycles. The molecule has 22 heavy (non-hydrogen) atoms. The van der Waals surface area contributed by atoms with Crippen molar-refractivity contribution in [2.75, 3.05) is 20.1 Å². The van der Waals surface area contributed by atoms with E-state index >= 15 is 0 Å². The Morgan fingerprint density at radius 2 is 1.68 bits per heavy atom. The van der Waals surface area contributed by atoms with Gasteiger partial charge < -0.3 is 20.1 Å². The number of hydrogen-bond donors (Lipinski definition) is 1. The van der Waals surface area contributed by atoms with Gasteiger partial charge in [-0.05, 0) is 29.8 Å². The molecule has 1 amide bonds. The molecule has 5 heteroatoms. The number of benzene rings is 2. The lowest BCUT2D eigenvalue weighted by molar-refractivity contribution is 0.164. The number of nitrogens with zero attached hydrogens (tertiary/aromatic N) is 1. The van der Waals surface area contributed by atoms with Crippen molar-refractivity contribution in [3.05, 3.63) is 60.2 Å². The maximum absolute atomic E-state index is 11.7. The largest absolute Gasteiger partial charge is 0.489 e. The van der Waals surface area contributed by atoms with E-state index in [2.05, 4.69) is 0 Å². The van der Waals surface area contributed by atoms with E-state index in [1.165, 1.54) is 4.90 Å². The normalized spacial score (nSPS) is 10.1. The molecular formula is C17H20N2O3. The van der Waals surface area contributed by atoms with Crippen molar-refractivity contribution in [3.8, 4) is 11.5 Å². The average Bonchev–Trinajstić information content (AvgIpc) is 2.55. The number of amides is 1. The van der Waals surface area contributed by atoms with Crippen LogP contribution in [-0.4, -0.2) is 31.1 Å². The Bertz CT molecular complexity index is 585. The summed E-state index contributed by atoms with van der Waals surface area (Å²) in [5.41, 5.74) is 6.49. The van der Waals surface area contributed by atoms with Gasteiger partial charge in [0.25, 0.3) is 0 Å². The fourth-order valence-corrected chi connectivity index (χ4v) is 1.81. The van der Waals surface area contributed by atoms with Crippen molar-refractivity contribution < 1.29 is 14.3 Å². The lowest BCUT2D eigenvalue weighted by atomic mass is 10.2. The molecule has 0 aromatic heterocycles. The number of rotatable bonds is 6. The van der Waals surface area contributed by atoms with E-state index in [1.807, 2.05) is 30.3 Å². The number of carbonyl (C=O) groups excluding carboxylic acids is 1. The first kappa shape index (κ1) is 15.9. The zero-order chi connectivity index (χ0) is 15.8. The van der Waals surface area contributed by atoms with Crippen molar-refractivity contribution >= 4 is 6.09 Å². The van der Waals surface area contributed by atoms with Gasteiger partial charge >= 0.3 is 6.09 Å². The van der Waals surface area contributed by atoms with Crippen LogP contribution in [0.25, 0.3) is 0 Å². The Morgan fingerprint density at radius 1 is 1.05 bits per heavy atom. The lowest BCUT2D eigenvalue weighted by Crippen LogP contribution is -2.33. The van der Waals surface area contributed by atoms with Gasteiger partial charge in [-0.1, -0.05) is 30.3 Å². The molecule has 0 aliphatic heterocycles. The maximum Gasteiger partial charge on any atom is 0.415 e. The second-order valence-electron chi connectivity index (χ2n) is 4.82. The van der Waals surface area contributed by atoms with Gasteiger partial charge in [-0.25, -0.2) is 4.79 Å². The molecule has 2 aromatic rings. The molecule has 2 rings (SSSR count). The van der Waals surface area contributed by atoms with Crippen molar-refractivity contribution in [2.45, 2.75) is 6.61 Å². The molecule has 5 nitrogen and oxygen atoms in total. The third-order valence-electron chi connectivity index (χ3n) is 3.05. The van der Waals surface area contributed by atoms with Crippen molar-refractivity contribution in [3.63, 3.8) is 0 Å². The first-order valence-corrected chi connectivity index (χ1v) is 7.09. The molecule has 116 valence electrons. The van der Waals surface area contributed by atoms with Crippen LogP contribution in [0.3, 0.4) is 0 Å². The monoisotopic (exact) mass is 300 g/mol. The molecule has 0 atom stereocenters. The van der Waals surface area contributed by atoms with Crippen LogP contribution >= 0.6 is 0 Å². The summed E-state index contributed by atoms with van der Waals surface area (Å²) in [6.45, 7) is 1.36. The molecule has 2 N–H and O–H groups in total. The first-order valence-electron chi connectivity index (χ1n) is 7.09. The average molecular weight is 300 g/mol. The second kappa shape index (κ2) is 8.05. The quantitative estimate of drug-likeness (QED) is 0.890. The van der Waals surface area contributed by atoms with E-state index in [4.69, 9.17) is 15.2 Å². The highest BCUT2D eigenvalue weighted by Crippen LogP contribution is 2.19. The van der Waals surface area contributed by atoms with Crippen LogP contribution < -0.4 is 15.2 Å². The number of nitrogens with two attached hydrogens (primary N) is 1. The van der Waals surface area contributed by atoms with Gasteiger partial charge in [0.15, 0.2) is 0 Å². The predicted molar refractivity (Wildman–Crippen MR) is 84.9 cm³/mol. The van der Waals surface area contributed by atoms with Crippen molar-refractivity contribution in [1.29, 1.82) is 0 Å². The summed E-state index contributed by atoms with van der Waals surface area (Å²) in [5, 5.41) is 0. The maximum atomic E-state index is 11.7. The zero-order valence-electron chi connectivity index (χ0n) is 12.6. The summed E-state index contributed by atoms with van der Waals surface area (Å²) >= 11 is 0. The Hall–Kier alpha value is -2.53. The van der Waals surface area contributed by atoms with Crippen LogP contribution in [0, 0.1) is 0 Å². The fourth-order valence-electron chi connectivity index (χ4n) is 1.81. The minimum atomic E-state index is -0.427. The van der Waals surface area contributed by atoms with Crippen LogP contribution in [0.5, 0.6) is 11.5 Å². The molecule has 2 aromatic carbocycles. The topological polar surface area (TPSA) is 64.8 Å². The summed E-state index contributed by atoms with van der Waals surface area (Å²) in [5.74, 6) is 1.19. The highest BCUT2D eigenvalue weighted by Gasteiger charge is 2.10. The van der Waals surface area contributed by atoms with Crippen LogP contribution in [0.1, 0.15) is 5.56 Å². The van der Waals surface area contributed by atoms with Gasteiger partial charge in [-0.3, -0.25) is 0 Å². The number of hydrogen-bond acceptors (Lipinski definition) is 4. The Labute approximate surface area is 130 Å². The molecule has 0 fully saturated rings. The van der Waals surface area contributed by atoms with E-state index in [1.54, 1.807) is 31.3 Å². The molecule has 0 unspecified atom stereocenters. The summed E-state index contributed by atoms with van der Waals surface area (Å²) in [6, 6.07) is 16.9. The van der Waals surface area contributed by atoms with Crippen molar-refractivity contribution in [2.24, 2.45) is 5.73 Å². The lowest BCUT2D eigenvalue weighted by Gasteiger charge is -2.15. The molecule has 0 radical (unpaired) electrons. The number of likely N-dealkylation sites (N-methyl/N-ethyl adjacent to an activating group) is 1. The van der Waals surface area contributed by atoms with E-state index in [0.717, 1.165) is 11.3 Å². The minimum absolute atomic E-state index is 0.401. The predicted octanol–water partition coefficient (Wildman–Crippen LogP) is 2.65. The number of ether oxygens (including phenoxy) is 2. The van der Waals surface area contributed by atoms with Gasteiger partial charge in [0.05, 0.1) is 0 Å². The fraction of sp³-hybridized carbons (Fsp3) is 0.235. The van der Waals surface area contributed by atoms with E-state index in [0.29, 0.717) is 25.4 Å². The molecule has 0 aliphatic rings. The van der Waals surface area contributed by atoms with Crippen LogP contribution in [0.15, 0.2) is 54.6 Å². The van der Waals surface area contributed by atoms with Crippen LogP contribution in [0.2, 0.25) is 0 Å². The third kappa shape index (κ3) is 4.79. The third-order valence-corrected chi connectivity index (χ3v) is 3.05. The summed E-state index contributed by atoms with van der Waals surface area (Å²) in [4.78, 5) is 13.1. The highest BCUT2D eigenvalue weighted by molar-refractivity contribution is 5.70. The molecule has 0 spiro atoms. The van der Waals surface area contributed by atoms with Crippen LogP contribution in [-0.2, 0) is 6.61 Å². The zero-order valence-corrected chi connectivity index (χ0v) is 12.6. The van der Waals surface area contributed by atoms with Crippen LogP contribution in [0.4, 0.5) is 4.79 Å². The van der Waals surface area contributed by atoms with Gasteiger partial charge in [0, 0.05) is 20.1 Å².